The van der Waals surface area contributed by atoms with Crippen molar-refractivity contribution >= 4 is 5.97 Å². The third kappa shape index (κ3) is 3.73. The Bertz CT molecular complexity index is 227. The van der Waals surface area contributed by atoms with E-state index in [-0.39, 0.29) is 18.4 Å². The predicted octanol–water partition coefficient (Wildman–Crippen LogP) is 0.595. The monoisotopic (exact) mass is 199 g/mol. The van der Waals surface area contributed by atoms with E-state index in [9.17, 15) is 4.79 Å². The lowest BCUT2D eigenvalue weighted by Gasteiger charge is -2.28. The number of hydrogen-bond acceptors (Lipinski definition) is 5. The van der Waals surface area contributed by atoms with Crippen LogP contribution < -0.4 is 0 Å². The highest BCUT2D eigenvalue weighted by atomic mass is 16.7. The zero-order valence-corrected chi connectivity index (χ0v) is 8.06. The highest BCUT2D eigenvalue weighted by Crippen LogP contribution is 2.12. The molecule has 0 atom stereocenters. The van der Waals surface area contributed by atoms with E-state index in [1.54, 1.807) is 0 Å². The first-order valence-corrected chi connectivity index (χ1v) is 4.49. The Kier molecular flexibility index (Phi) is 4.36. The maximum Gasteiger partial charge on any atom is 0.303 e. The molecule has 1 aliphatic rings. The molecular formula is C9H13NO4. The molecule has 0 spiro atoms. The summed E-state index contributed by atoms with van der Waals surface area (Å²) in [6, 6.07) is 2.01. The molecule has 0 saturated carbocycles. The third-order valence-electron chi connectivity index (χ3n) is 1.76. The van der Waals surface area contributed by atoms with Crippen LogP contribution in [0, 0.1) is 11.3 Å². The lowest BCUT2D eigenvalue weighted by atomic mass is 10.3. The van der Waals surface area contributed by atoms with Crippen molar-refractivity contribution in [1.29, 1.82) is 5.26 Å². The number of carbonyl (C=O) groups excluding carboxylic acids is 1. The smallest absolute Gasteiger partial charge is 0.303 e. The van der Waals surface area contributed by atoms with Crippen LogP contribution in [-0.2, 0) is 19.0 Å². The third-order valence-corrected chi connectivity index (χ3v) is 1.76. The van der Waals surface area contributed by atoms with Gasteiger partial charge in [-0.2, -0.15) is 5.26 Å². The number of esters is 1. The molecule has 0 aromatic heterocycles. The lowest BCUT2D eigenvalue weighted by Crippen LogP contribution is -2.38. The van der Waals surface area contributed by atoms with Crippen LogP contribution in [-0.4, -0.2) is 31.6 Å². The van der Waals surface area contributed by atoms with Gasteiger partial charge < -0.3 is 14.2 Å². The van der Waals surface area contributed by atoms with Gasteiger partial charge in [0.15, 0.2) is 6.29 Å². The highest BCUT2D eigenvalue weighted by Gasteiger charge is 2.23. The summed E-state index contributed by atoms with van der Waals surface area (Å²) >= 11 is 0. The molecule has 0 aromatic rings. The molecule has 5 nitrogen and oxygen atoms in total. The second kappa shape index (κ2) is 5.58. The van der Waals surface area contributed by atoms with Gasteiger partial charge in [-0.25, -0.2) is 0 Å². The number of rotatable bonds is 3. The molecule has 0 unspecified atom stereocenters. The Morgan fingerprint density at radius 3 is 2.71 bits per heavy atom. The summed E-state index contributed by atoms with van der Waals surface area (Å²) in [7, 11) is 0. The van der Waals surface area contributed by atoms with Crippen LogP contribution in [0.5, 0.6) is 0 Å². The maximum atomic E-state index is 10.6. The van der Waals surface area contributed by atoms with Crippen LogP contribution in [0.2, 0.25) is 0 Å². The fraction of sp³-hybridized carbons (Fsp3) is 0.778. The normalized spacial score (nSPS) is 26.6. The van der Waals surface area contributed by atoms with Gasteiger partial charge in [-0.1, -0.05) is 0 Å². The summed E-state index contributed by atoms with van der Waals surface area (Å²) < 4.78 is 15.4. The van der Waals surface area contributed by atoms with Gasteiger partial charge in [-0.3, -0.25) is 4.79 Å². The van der Waals surface area contributed by atoms with E-state index in [0.717, 1.165) is 0 Å². The van der Waals surface area contributed by atoms with E-state index >= 15 is 0 Å². The average molecular weight is 199 g/mol. The van der Waals surface area contributed by atoms with E-state index in [1.807, 2.05) is 6.07 Å². The zero-order valence-electron chi connectivity index (χ0n) is 8.06. The average Bonchev–Trinajstić information content (AvgIpc) is 2.16. The zero-order chi connectivity index (χ0) is 10.4. The van der Waals surface area contributed by atoms with Crippen LogP contribution in [0.1, 0.15) is 19.8 Å². The van der Waals surface area contributed by atoms with E-state index in [0.29, 0.717) is 26.1 Å². The molecule has 1 heterocycles. The Morgan fingerprint density at radius 1 is 1.57 bits per heavy atom. The number of nitriles is 1. The molecule has 1 fully saturated rings. The van der Waals surface area contributed by atoms with Crippen LogP contribution in [0.3, 0.4) is 0 Å². The van der Waals surface area contributed by atoms with Crippen molar-refractivity contribution in [2.45, 2.75) is 32.2 Å². The van der Waals surface area contributed by atoms with Crippen molar-refractivity contribution in [1.82, 2.24) is 0 Å². The van der Waals surface area contributed by atoms with Crippen molar-refractivity contribution in [2.75, 3.05) is 13.2 Å². The van der Waals surface area contributed by atoms with Crippen LogP contribution in [0.4, 0.5) is 0 Å². The van der Waals surface area contributed by atoms with Crippen molar-refractivity contribution in [3.05, 3.63) is 0 Å². The Balaban J connectivity index is 2.18. The lowest BCUT2D eigenvalue weighted by molar-refractivity contribution is -0.226. The van der Waals surface area contributed by atoms with Gasteiger partial charge in [0, 0.05) is 19.8 Å². The largest absolute Gasteiger partial charge is 0.458 e. The standard InChI is InChI=1S/C9H13NO4/c1-7(11)14-8-5-12-9(13-6-8)3-2-4-10/h8-9H,2-3,5-6H2,1H3. The number of nitrogens with zero attached hydrogens (tertiary/aromatic N) is 1. The van der Waals surface area contributed by atoms with E-state index < -0.39 is 0 Å². The molecule has 1 aliphatic heterocycles. The summed E-state index contributed by atoms with van der Waals surface area (Å²) in [5.74, 6) is -0.335. The van der Waals surface area contributed by atoms with Crippen molar-refractivity contribution in [2.24, 2.45) is 0 Å². The van der Waals surface area contributed by atoms with Gasteiger partial charge in [0.25, 0.3) is 0 Å². The summed E-state index contributed by atoms with van der Waals surface area (Å²) in [6.45, 7) is 2.03. The maximum absolute atomic E-state index is 10.6. The molecule has 0 N–H and O–H groups in total. The minimum Gasteiger partial charge on any atom is -0.458 e. The number of carbonyl (C=O) groups is 1. The molecule has 0 amide bonds. The molecule has 0 radical (unpaired) electrons. The molecule has 5 heteroatoms. The quantitative estimate of drug-likeness (QED) is 0.622. The molecule has 1 rings (SSSR count). The molecular weight excluding hydrogens is 186 g/mol. The van der Waals surface area contributed by atoms with Gasteiger partial charge in [0.2, 0.25) is 0 Å². The highest BCUT2D eigenvalue weighted by molar-refractivity contribution is 5.66. The van der Waals surface area contributed by atoms with Gasteiger partial charge in [0.1, 0.15) is 6.10 Å². The fourth-order valence-electron chi connectivity index (χ4n) is 1.18. The summed E-state index contributed by atoms with van der Waals surface area (Å²) in [5, 5.41) is 8.34. The van der Waals surface area contributed by atoms with Gasteiger partial charge in [-0.05, 0) is 0 Å². The van der Waals surface area contributed by atoms with E-state index in [2.05, 4.69) is 0 Å². The number of ether oxygens (including phenoxy) is 3. The van der Waals surface area contributed by atoms with Crippen LogP contribution in [0.15, 0.2) is 0 Å². The summed E-state index contributed by atoms with van der Waals surface area (Å²) in [6.07, 6.45) is 0.318. The SMILES string of the molecule is CC(=O)OC1COC(CCC#N)OC1. The summed E-state index contributed by atoms with van der Waals surface area (Å²) in [4.78, 5) is 10.6. The van der Waals surface area contributed by atoms with Crippen LogP contribution in [0.25, 0.3) is 0 Å². The molecule has 14 heavy (non-hydrogen) atoms. The van der Waals surface area contributed by atoms with Crippen molar-refractivity contribution in [3.8, 4) is 6.07 Å². The molecule has 0 aliphatic carbocycles. The first kappa shape index (κ1) is 11.0. The second-order valence-corrected chi connectivity index (χ2v) is 3.02. The first-order chi connectivity index (χ1) is 6.72. The first-order valence-electron chi connectivity index (χ1n) is 4.49. The Labute approximate surface area is 82.5 Å². The van der Waals surface area contributed by atoms with E-state index in [4.69, 9.17) is 19.5 Å². The van der Waals surface area contributed by atoms with Gasteiger partial charge >= 0.3 is 5.97 Å². The minimum absolute atomic E-state index is 0.314. The van der Waals surface area contributed by atoms with Crippen LogP contribution >= 0.6 is 0 Å². The fourth-order valence-corrected chi connectivity index (χ4v) is 1.18. The number of hydrogen-bond donors (Lipinski definition) is 0. The van der Waals surface area contributed by atoms with E-state index in [1.165, 1.54) is 6.92 Å². The van der Waals surface area contributed by atoms with Gasteiger partial charge in [-0.15, -0.1) is 0 Å². The molecule has 78 valence electrons. The molecule has 0 bridgehead atoms. The predicted molar refractivity (Wildman–Crippen MR) is 46.1 cm³/mol. The summed E-state index contributed by atoms with van der Waals surface area (Å²) in [5.41, 5.74) is 0. The van der Waals surface area contributed by atoms with Gasteiger partial charge in [0.05, 0.1) is 19.3 Å². The molecule has 1 saturated heterocycles. The Morgan fingerprint density at radius 2 is 2.21 bits per heavy atom. The topological polar surface area (TPSA) is 68.5 Å². The van der Waals surface area contributed by atoms with Crippen molar-refractivity contribution < 1.29 is 19.0 Å². The Hall–Kier alpha value is -1.12. The van der Waals surface area contributed by atoms with Crippen molar-refractivity contribution in [3.63, 3.8) is 0 Å². The molecule has 0 aromatic carbocycles. The second-order valence-electron chi connectivity index (χ2n) is 3.02. The minimum atomic E-state index is -0.335.